The van der Waals surface area contributed by atoms with E-state index in [2.05, 4.69) is 6.92 Å². The summed E-state index contributed by atoms with van der Waals surface area (Å²) in [6.07, 6.45) is 10.3. The number of hydrogen-bond acceptors (Lipinski definition) is 2. The lowest BCUT2D eigenvalue weighted by Crippen LogP contribution is -2.49. The number of aliphatic hydroxyl groups is 1. The molecule has 0 aliphatic heterocycles. The molecule has 0 aromatic carbocycles. The molecule has 4 fully saturated rings. The largest absolute Gasteiger partial charge is 0.393 e. The first kappa shape index (κ1) is 13.3. The molecule has 7 atom stereocenters. The van der Waals surface area contributed by atoms with Crippen LogP contribution >= 0.6 is 0 Å². The van der Waals surface area contributed by atoms with Gasteiger partial charge in [-0.15, -0.1) is 0 Å². The summed E-state index contributed by atoms with van der Waals surface area (Å²) >= 11 is 0. The maximum absolute atomic E-state index is 12.3. The van der Waals surface area contributed by atoms with Crippen molar-refractivity contribution in [2.75, 3.05) is 0 Å². The van der Waals surface area contributed by atoms with Gasteiger partial charge in [0.25, 0.3) is 0 Å². The lowest BCUT2D eigenvalue weighted by Gasteiger charge is -2.54. The van der Waals surface area contributed by atoms with E-state index in [9.17, 15) is 9.90 Å². The average molecular weight is 276 g/mol. The predicted molar refractivity (Wildman–Crippen MR) is 78.1 cm³/mol. The summed E-state index contributed by atoms with van der Waals surface area (Å²) in [6.45, 7) is 2.26. The van der Waals surface area contributed by atoms with Gasteiger partial charge in [-0.1, -0.05) is 6.92 Å². The van der Waals surface area contributed by atoms with Crippen LogP contribution in [0.4, 0.5) is 0 Å². The van der Waals surface area contributed by atoms with Crippen LogP contribution in [-0.4, -0.2) is 17.0 Å². The van der Waals surface area contributed by atoms with E-state index in [1.165, 1.54) is 25.7 Å². The Morgan fingerprint density at radius 2 is 1.80 bits per heavy atom. The third kappa shape index (κ3) is 1.76. The van der Waals surface area contributed by atoms with Crippen LogP contribution in [0.1, 0.15) is 64.7 Å². The van der Waals surface area contributed by atoms with Crippen molar-refractivity contribution in [3.63, 3.8) is 0 Å². The zero-order valence-electron chi connectivity index (χ0n) is 12.7. The van der Waals surface area contributed by atoms with Gasteiger partial charge in [-0.3, -0.25) is 4.79 Å². The number of ketones is 1. The number of rotatable bonds is 0. The van der Waals surface area contributed by atoms with Crippen LogP contribution in [0.2, 0.25) is 0 Å². The molecule has 4 aliphatic rings. The zero-order chi connectivity index (χ0) is 13.9. The fourth-order valence-electron chi connectivity index (χ4n) is 6.60. The van der Waals surface area contributed by atoms with Crippen LogP contribution < -0.4 is 0 Å². The van der Waals surface area contributed by atoms with Crippen LogP contribution in [0.25, 0.3) is 0 Å². The van der Waals surface area contributed by atoms with Crippen LogP contribution in [0.15, 0.2) is 0 Å². The molecule has 4 aliphatic carbocycles. The van der Waals surface area contributed by atoms with Crippen molar-refractivity contribution in [2.24, 2.45) is 35.0 Å². The molecule has 0 aromatic heterocycles. The van der Waals surface area contributed by atoms with Crippen LogP contribution in [0.5, 0.6) is 0 Å². The van der Waals surface area contributed by atoms with E-state index >= 15 is 0 Å². The topological polar surface area (TPSA) is 37.3 Å². The molecular weight excluding hydrogens is 248 g/mol. The van der Waals surface area contributed by atoms with Gasteiger partial charge in [0.2, 0.25) is 0 Å². The molecule has 20 heavy (non-hydrogen) atoms. The van der Waals surface area contributed by atoms with Gasteiger partial charge < -0.3 is 5.11 Å². The molecule has 2 nitrogen and oxygen atoms in total. The molecule has 2 heteroatoms. The van der Waals surface area contributed by atoms with Crippen molar-refractivity contribution in [3.8, 4) is 0 Å². The smallest absolute Gasteiger partial charge is 0.139 e. The lowest BCUT2D eigenvalue weighted by molar-refractivity contribution is -0.133. The Bertz CT molecular complexity index is 418. The Kier molecular flexibility index (Phi) is 3.03. The summed E-state index contributed by atoms with van der Waals surface area (Å²) in [4.78, 5) is 12.3. The zero-order valence-corrected chi connectivity index (χ0v) is 12.7. The fourth-order valence-corrected chi connectivity index (χ4v) is 6.60. The van der Waals surface area contributed by atoms with Gasteiger partial charge in [-0.25, -0.2) is 0 Å². The van der Waals surface area contributed by atoms with Gasteiger partial charge in [0, 0.05) is 11.8 Å². The molecule has 0 saturated heterocycles. The normalized spacial score (nSPS) is 55.0. The average Bonchev–Trinajstić information content (AvgIpc) is 2.74. The van der Waals surface area contributed by atoms with E-state index in [1.54, 1.807) is 0 Å². The van der Waals surface area contributed by atoms with Gasteiger partial charge in [-0.05, 0) is 81.0 Å². The van der Waals surface area contributed by atoms with E-state index in [4.69, 9.17) is 0 Å². The minimum absolute atomic E-state index is 0.0299. The van der Waals surface area contributed by atoms with E-state index < -0.39 is 0 Å². The molecule has 1 N–H and O–H groups in total. The lowest BCUT2D eigenvalue weighted by atomic mass is 9.50. The first-order valence-electron chi connectivity index (χ1n) is 8.81. The Labute approximate surface area is 122 Å². The van der Waals surface area contributed by atoms with E-state index in [1.807, 2.05) is 0 Å². The number of carbonyl (C=O) groups excluding carboxylic acids is 1. The summed E-state index contributed by atoms with van der Waals surface area (Å²) < 4.78 is 0. The molecule has 4 rings (SSSR count). The molecule has 0 bridgehead atoms. The highest BCUT2D eigenvalue weighted by molar-refractivity contribution is 5.87. The highest BCUT2D eigenvalue weighted by atomic mass is 16.3. The van der Waals surface area contributed by atoms with Gasteiger partial charge >= 0.3 is 0 Å². The Morgan fingerprint density at radius 1 is 1.00 bits per heavy atom. The third-order valence-electron chi connectivity index (χ3n) is 7.64. The van der Waals surface area contributed by atoms with E-state index in [0.29, 0.717) is 11.7 Å². The number of hydrogen-bond donors (Lipinski definition) is 1. The fraction of sp³-hybridized carbons (Fsp3) is 0.944. The third-order valence-corrected chi connectivity index (χ3v) is 7.64. The minimum atomic E-state index is -0.0327. The van der Waals surface area contributed by atoms with Crippen molar-refractivity contribution in [3.05, 3.63) is 0 Å². The highest BCUT2D eigenvalue weighted by Crippen LogP contribution is 2.61. The number of aliphatic hydroxyl groups excluding tert-OH is 1. The van der Waals surface area contributed by atoms with E-state index in [-0.39, 0.29) is 11.5 Å². The van der Waals surface area contributed by atoms with Crippen LogP contribution in [-0.2, 0) is 4.79 Å². The molecule has 4 saturated carbocycles. The van der Waals surface area contributed by atoms with Crippen LogP contribution in [0.3, 0.4) is 0 Å². The molecule has 0 unspecified atom stereocenters. The molecule has 0 spiro atoms. The Hall–Kier alpha value is -0.370. The predicted octanol–water partition coefficient (Wildman–Crippen LogP) is 3.57. The standard InChI is InChI=1S/C18H28O2/c1-18-9-8-14-13-5-3-12(19)10-11(13)2-4-15(14)16(18)6-7-17(18)20/h11-16,19H,2-10H2,1H3/t11-,12+,13-,14+,15+,16-,18-/m0/s1. The van der Waals surface area contributed by atoms with Crippen molar-refractivity contribution in [1.29, 1.82) is 0 Å². The first-order chi connectivity index (χ1) is 9.59. The van der Waals surface area contributed by atoms with Crippen molar-refractivity contribution in [2.45, 2.75) is 70.8 Å². The van der Waals surface area contributed by atoms with Gasteiger partial charge in [0.1, 0.15) is 5.78 Å². The van der Waals surface area contributed by atoms with Crippen molar-refractivity contribution in [1.82, 2.24) is 0 Å². The van der Waals surface area contributed by atoms with E-state index in [0.717, 1.165) is 55.8 Å². The van der Waals surface area contributed by atoms with Crippen molar-refractivity contribution >= 4 is 5.78 Å². The SMILES string of the molecule is C[C@]12CC[C@H]3[C@@H](CC[C@H]4C[C@H](O)CC[C@@H]43)[C@@H]1CCC2=O. The maximum Gasteiger partial charge on any atom is 0.139 e. The summed E-state index contributed by atoms with van der Waals surface area (Å²) in [7, 11) is 0. The number of Topliss-reactive ketones (excluding diaryl/α,β-unsaturated/α-hetero) is 1. The number of fused-ring (bicyclic) bond motifs is 5. The number of carbonyl (C=O) groups is 1. The first-order valence-corrected chi connectivity index (χ1v) is 8.81. The van der Waals surface area contributed by atoms with Crippen LogP contribution in [0, 0.1) is 35.0 Å². The van der Waals surface area contributed by atoms with Gasteiger partial charge in [0.05, 0.1) is 6.10 Å². The quantitative estimate of drug-likeness (QED) is 0.734. The molecule has 0 aromatic rings. The minimum Gasteiger partial charge on any atom is -0.393 e. The molecule has 0 amide bonds. The monoisotopic (exact) mass is 276 g/mol. The second-order valence-electron chi connectivity index (χ2n) is 8.32. The van der Waals surface area contributed by atoms with Gasteiger partial charge in [-0.2, -0.15) is 0 Å². The molecule has 0 heterocycles. The second-order valence-corrected chi connectivity index (χ2v) is 8.32. The Morgan fingerprint density at radius 3 is 2.65 bits per heavy atom. The Balaban J connectivity index is 1.58. The summed E-state index contributed by atoms with van der Waals surface area (Å²) in [5.41, 5.74) is 0.0299. The second kappa shape index (κ2) is 4.56. The summed E-state index contributed by atoms with van der Waals surface area (Å²) in [6, 6.07) is 0. The molecule has 0 radical (unpaired) electrons. The summed E-state index contributed by atoms with van der Waals surface area (Å²) in [5, 5.41) is 9.93. The van der Waals surface area contributed by atoms with Gasteiger partial charge in [0.15, 0.2) is 0 Å². The van der Waals surface area contributed by atoms with Crippen molar-refractivity contribution < 1.29 is 9.90 Å². The molecular formula is C18H28O2. The molecule has 112 valence electrons. The highest BCUT2D eigenvalue weighted by Gasteiger charge is 2.56. The maximum atomic E-state index is 12.3. The summed E-state index contributed by atoms with van der Waals surface area (Å²) in [5.74, 6) is 4.56.